The minimum atomic E-state index is -0.123. The average Bonchev–Trinajstić information content (AvgIpc) is 2.88. The first-order chi connectivity index (χ1) is 9.65. The van der Waals surface area contributed by atoms with Crippen LogP contribution in [0.2, 0.25) is 5.02 Å². The van der Waals surface area contributed by atoms with Crippen LogP contribution in [0.5, 0.6) is 5.75 Å². The highest BCUT2D eigenvalue weighted by molar-refractivity contribution is 6.31. The highest BCUT2D eigenvalue weighted by Gasteiger charge is 2.22. The van der Waals surface area contributed by atoms with Gasteiger partial charge in [-0.2, -0.15) is 0 Å². The Morgan fingerprint density at radius 2 is 2.05 bits per heavy atom. The summed E-state index contributed by atoms with van der Waals surface area (Å²) < 4.78 is 5.73. The molecule has 0 amide bonds. The van der Waals surface area contributed by atoms with Gasteiger partial charge in [-0.1, -0.05) is 35.9 Å². The summed E-state index contributed by atoms with van der Waals surface area (Å²) in [4.78, 5) is 0. The van der Waals surface area contributed by atoms with Gasteiger partial charge in [-0.15, -0.1) is 11.6 Å². The van der Waals surface area contributed by atoms with Gasteiger partial charge in [-0.05, 0) is 42.2 Å². The maximum Gasteiger partial charge on any atom is 0.127 e. The van der Waals surface area contributed by atoms with Crippen molar-refractivity contribution in [2.45, 2.75) is 25.1 Å². The summed E-state index contributed by atoms with van der Waals surface area (Å²) in [6.45, 7) is 2.83. The molecule has 0 spiro atoms. The van der Waals surface area contributed by atoms with Crippen molar-refractivity contribution in [3.63, 3.8) is 0 Å². The Morgan fingerprint density at radius 3 is 2.85 bits per heavy atom. The van der Waals surface area contributed by atoms with E-state index in [-0.39, 0.29) is 5.38 Å². The van der Waals surface area contributed by atoms with Crippen molar-refractivity contribution in [3.05, 3.63) is 63.7 Å². The summed E-state index contributed by atoms with van der Waals surface area (Å²) in [6.07, 6.45) is 1.70. The van der Waals surface area contributed by atoms with Crippen LogP contribution in [-0.4, -0.2) is 6.61 Å². The van der Waals surface area contributed by atoms with E-state index in [0.717, 1.165) is 35.8 Å². The fourth-order valence-corrected chi connectivity index (χ4v) is 3.25. The lowest BCUT2D eigenvalue weighted by atomic mass is 9.98. The molecule has 104 valence electrons. The highest BCUT2D eigenvalue weighted by atomic mass is 35.5. The molecule has 0 radical (unpaired) electrons. The predicted octanol–water partition coefficient (Wildman–Crippen LogP) is 5.11. The maximum absolute atomic E-state index is 6.63. The Labute approximate surface area is 129 Å². The van der Waals surface area contributed by atoms with E-state index in [1.54, 1.807) is 0 Å². The van der Waals surface area contributed by atoms with Crippen molar-refractivity contribution in [3.8, 4) is 5.75 Å². The number of hydrogen-bond acceptors (Lipinski definition) is 1. The van der Waals surface area contributed by atoms with Gasteiger partial charge in [0, 0.05) is 17.0 Å². The van der Waals surface area contributed by atoms with Gasteiger partial charge in [0.25, 0.3) is 0 Å². The van der Waals surface area contributed by atoms with Crippen molar-refractivity contribution < 1.29 is 4.74 Å². The third-order valence-electron chi connectivity index (χ3n) is 3.77. The minimum Gasteiger partial charge on any atom is -0.493 e. The van der Waals surface area contributed by atoms with Crippen LogP contribution < -0.4 is 4.74 Å². The predicted molar refractivity (Wildman–Crippen MR) is 84.1 cm³/mol. The van der Waals surface area contributed by atoms with Crippen LogP contribution in [0, 0.1) is 6.92 Å². The lowest BCUT2D eigenvalue weighted by Crippen LogP contribution is -2.00. The molecule has 2 aromatic carbocycles. The molecule has 1 aliphatic rings. The van der Waals surface area contributed by atoms with Crippen molar-refractivity contribution >= 4 is 23.2 Å². The zero-order valence-corrected chi connectivity index (χ0v) is 12.8. The third kappa shape index (κ3) is 2.65. The molecule has 3 rings (SSSR count). The third-order valence-corrected chi connectivity index (χ3v) is 4.38. The van der Waals surface area contributed by atoms with Crippen molar-refractivity contribution in [1.29, 1.82) is 0 Å². The molecule has 0 fully saturated rings. The van der Waals surface area contributed by atoms with Crippen LogP contribution in [-0.2, 0) is 12.8 Å². The molecule has 0 aromatic heterocycles. The van der Waals surface area contributed by atoms with Crippen LogP contribution >= 0.6 is 23.2 Å². The van der Waals surface area contributed by atoms with Crippen LogP contribution in [0.25, 0.3) is 0 Å². The smallest absolute Gasteiger partial charge is 0.127 e. The highest BCUT2D eigenvalue weighted by Crippen LogP contribution is 2.40. The van der Waals surface area contributed by atoms with E-state index in [1.807, 2.05) is 24.3 Å². The van der Waals surface area contributed by atoms with Gasteiger partial charge < -0.3 is 4.74 Å². The molecule has 0 saturated heterocycles. The normalized spacial score (nSPS) is 14.8. The molecular weight excluding hydrogens is 291 g/mol. The number of ether oxygens (including phenoxy) is 1. The second-order valence-electron chi connectivity index (χ2n) is 5.18. The van der Waals surface area contributed by atoms with Crippen molar-refractivity contribution in [1.82, 2.24) is 0 Å². The molecule has 0 saturated carbocycles. The molecule has 0 bridgehead atoms. The molecule has 3 heteroatoms. The molecule has 1 aliphatic heterocycles. The van der Waals surface area contributed by atoms with Gasteiger partial charge in [0.2, 0.25) is 0 Å². The molecule has 0 N–H and O–H groups in total. The van der Waals surface area contributed by atoms with E-state index in [9.17, 15) is 0 Å². The summed E-state index contributed by atoms with van der Waals surface area (Å²) in [5.74, 6) is 0.933. The number of benzene rings is 2. The monoisotopic (exact) mass is 306 g/mol. The van der Waals surface area contributed by atoms with E-state index >= 15 is 0 Å². The Hall–Kier alpha value is -1.18. The SMILES string of the molecule is Cc1ccccc1CC(Cl)c1cc(Cl)cc2c1OCC2. The molecule has 20 heavy (non-hydrogen) atoms. The van der Waals surface area contributed by atoms with Gasteiger partial charge in [0.15, 0.2) is 0 Å². The lowest BCUT2D eigenvalue weighted by molar-refractivity contribution is 0.353. The molecule has 0 aliphatic carbocycles. The number of hydrogen-bond donors (Lipinski definition) is 0. The fraction of sp³-hybridized carbons (Fsp3) is 0.294. The Bertz CT molecular complexity index is 637. The fourth-order valence-electron chi connectivity index (χ4n) is 2.67. The van der Waals surface area contributed by atoms with Crippen LogP contribution in [0.3, 0.4) is 0 Å². The number of alkyl halides is 1. The summed E-state index contributed by atoms with van der Waals surface area (Å²) in [5, 5.41) is 0.612. The lowest BCUT2D eigenvalue weighted by Gasteiger charge is -2.15. The number of aryl methyl sites for hydroxylation is 1. The van der Waals surface area contributed by atoms with Crippen molar-refractivity contribution in [2.24, 2.45) is 0 Å². The summed E-state index contributed by atoms with van der Waals surface area (Å²) in [7, 11) is 0. The first-order valence-electron chi connectivity index (χ1n) is 6.79. The van der Waals surface area contributed by atoms with E-state index in [4.69, 9.17) is 27.9 Å². The van der Waals surface area contributed by atoms with E-state index in [1.165, 1.54) is 16.7 Å². The Balaban J connectivity index is 1.92. The maximum atomic E-state index is 6.63. The van der Waals surface area contributed by atoms with Crippen LogP contribution in [0.4, 0.5) is 0 Å². The topological polar surface area (TPSA) is 9.23 Å². The Kier molecular flexibility index (Phi) is 3.91. The van der Waals surface area contributed by atoms with Crippen LogP contribution in [0.1, 0.15) is 27.6 Å². The summed E-state index contributed by atoms with van der Waals surface area (Å²) >= 11 is 12.8. The molecule has 1 heterocycles. The molecule has 2 aromatic rings. The molecule has 1 atom stereocenters. The van der Waals surface area contributed by atoms with Gasteiger partial charge in [-0.25, -0.2) is 0 Å². The summed E-state index contributed by atoms with van der Waals surface area (Å²) in [5.41, 5.74) is 4.70. The van der Waals surface area contributed by atoms with Gasteiger partial charge in [0.05, 0.1) is 12.0 Å². The Morgan fingerprint density at radius 1 is 1.25 bits per heavy atom. The van der Waals surface area contributed by atoms with E-state index < -0.39 is 0 Å². The quantitative estimate of drug-likeness (QED) is 0.716. The van der Waals surface area contributed by atoms with Gasteiger partial charge >= 0.3 is 0 Å². The first-order valence-corrected chi connectivity index (χ1v) is 7.60. The first kappa shape index (κ1) is 13.8. The summed E-state index contributed by atoms with van der Waals surface area (Å²) in [6, 6.07) is 12.2. The van der Waals surface area contributed by atoms with E-state index in [0.29, 0.717) is 0 Å². The van der Waals surface area contributed by atoms with E-state index in [2.05, 4.69) is 19.1 Å². The van der Waals surface area contributed by atoms with Gasteiger partial charge in [0.1, 0.15) is 5.75 Å². The second-order valence-corrected chi connectivity index (χ2v) is 6.14. The molecule has 1 unspecified atom stereocenters. The average molecular weight is 307 g/mol. The molecular formula is C17H16Cl2O. The standard InChI is InChI=1S/C17H16Cl2O/c1-11-4-2-3-5-12(11)9-16(19)15-10-14(18)8-13-6-7-20-17(13)15/h2-5,8,10,16H,6-7,9H2,1H3. The number of fused-ring (bicyclic) bond motifs is 1. The number of rotatable bonds is 3. The largest absolute Gasteiger partial charge is 0.493 e. The zero-order valence-electron chi connectivity index (χ0n) is 11.3. The number of halogens is 2. The van der Waals surface area contributed by atoms with Crippen LogP contribution in [0.15, 0.2) is 36.4 Å². The van der Waals surface area contributed by atoms with Crippen molar-refractivity contribution in [2.75, 3.05) is 6.61 Å². The second kappa shape index (κ2) is 5.67. The van der Waals surface area contributed by atoms with Gasteiger partial charge in [-0.3, -0.25) is 0 Å². The molecule has 1 nitrogen and oxygen atoms in total. The minimum absolute atomic E-state index is 0.123. The zero-order chi connectivity index (χ0) is 14.1.